The van der Waals surface area contributed by atoms with Gasteiger partial charge in [0.05, 0.1) is 5.02 Å². The highest BCUT2D eigenvalue weighted by atomic mass is 35.5. The SMILES string of the molecule is CC(C)NCC(O)COc1cccc2ccccc12.Cc1ccc(Cl)c(OCC(O)CNC(C)(C)C)c1. The van der Waals surface area contributed by atoms with Crippen LogP contribution in [-0.4, -0.2) is 60.3 Å². The summed E-state index contributed by atoms with van der Waals surface area (Å²) in [6.07, 6.45) is -1.05. The van der Waals surface area contributed by atoms with Gasteiger partial charge in [-0.3, -0.25) is 0 Å². The fourth-order valence-corrected chi connectivity index (χ4v) is 3.50. The maximum atomic E-state index is 9.84. The zero-order chi connectivity index (χ0) is 27.4. The first-order valence-electron chi connectivity index (χ1n) is 12.8. The Kier molecular flexibility index (Phi) is 12.6. The number of aliphatic hydroxyl groups is 2. The van der Waals surface area contributed by atoms with Crippen LogP contribution in [0.25, 0.3) is 10.8 Å². The number of ether oxygens (including phenoxy) is 2. The molecule has 7 heteroatoms. The van der Waals surface area contributed by atoms with Gasteiger partial charge in [-0.1, -0.05) is 67.9 Å². The van der Waals surface area contributed by atoms with Crippen molar-refractivity contribution >= 4 is 22.4 Å². The molecule has 2 unspecified atom stereocenters. The minimum Gasteiger partial charge on any atom is -0.490 e. The molecular formula is C30H43ClN2O4. The Morgan fingerprint density at radius 2 is 1.46 bits per heavy atom. The molecule has 6 nitrogen and oxygen atoms in total. The van der Waals surface area contributed by atoms with Gasteiger partial charge in [0, 0.05) is 30.1 Å². The molecular weight excluding hydrogens is 488 g/mol. The van der Waals surface area contributed by atoms with Crippen molar-refractivity contribution in [2.45, 2.75) is 65.3 Å². The second-order valence-corrected chi connectivity index (χ2v) is 10.9. The van der Waals surface area contributed by atoms with Crippen LogP contribution in [0.3, 0.4) is 0 Å². The molecule has 0 radical (unpaired) electrons. The lowest BCUT2D eigenvalue weighted by atomic mass is 10.1. The van der Waals surface area contributed by atoms with Crippen LogP contribution < -0.4 is 20.1 Å². The first-order valence-corrected chi connectivity index (χ1v) is 13.2. The number of aliphatic hydroxyl groups excluding tert-OH is 2. The molecule has 204 valence electrons. The minimum absolute atomic E-state index is 0.0119. The van der Waals surface area contributed by atoms with Crippen LogP contribution in [0.15, 0.2) is 60.7 Å². The van der Waals surface area contributed by atoms with Crippen molar-refractivity contribution in [3.63, 3.8) is 0 Å². The summed E-state index contributed by atoms with van der Waals surface area (Å²) in [6.45, 7) is 13.8. The Morgan fingerprint density at radius 3 is 2.14 bits per heavy atom. The molecule has 0 amide bonds. The summed E-state index contributed by atoms with van der Waals surface area (Å²) in [5.41, 5.74) is 1.07. The zero-order valence-electron chi connectivity index (χ0n) is 22.9. The van der Waals surface area contributed by atoms with Crippen molar-refractivity contribution in [2.24, 2.45) is 0 Å². The maximum Gasteiger partial charge on any atom is 0.138 e. The Morgan fingerprint density at radius 1 is 0.838 bits per heavy atom. The number of hydrogen-bond acceptors (Lipinski definition) is 6. The number of hydrogen-bond donors (Lipinski definition) is 4. The molecule has 3 aromatic rings. The van der Waals surface area contributed by atoms with E-state index >= 15 is 0 Å². The number of halogens is 1. The molecule has 0 aliphatic rings. The highest BCUT2D eigenvalue weighted by Gasteiger charge is 2.13. The lowest BCUT2D eigenvalue weighted by molar-refractivity contribution is 0.100. The molecule has 3 aromatic carbocycles. The third-order valence-electron chi connectivity index (χ3n) is 5.33. The van der Waals surface area contributed by atoms with E-state index < -0.39 is 12.2 Å². The average Bonchev–Trinajstić information content (AvgIpc) is 2.85. The summed E-state index contributed by atoms with van der Waals surface area (Å²) in [5.74, 6) is 1.44. The smallest absolute Gasteiger partial charge is 0.138 e. The number of fused-ring (bicyclic) bond motifs is 1. The fourth-order valence-electron chi connectivity index (χ4n) is 3.33. The predicted octanol–water partition coefficient (Wildman–Crippen LogP) is 5.35. The van der Waals surface area contributed by atoms with Gasteiger partial charge >= 0.3 is 0 Å². The largest absolute Gasteiger partial charge is 0.490 e. The number of nitrogens with one attached hydrogen (secondary N) is 2. The summed E-state index contributed by atoms with van der Waals surface area (Å²) in [6, 6.07) is 20.0. The van der Waals surface area contributed by atoms with Crippen LogP contribution in [-0.2, 0) is 0 Å². The van der Waals surface area contributed by atoms with Gasteiger partial charge in [0.2, 0.25) is 0 Å². The Balaban J connectivity index is 0.000000261. The standard InChI is InChI=1S/C16H21NO2.C14H22ClNO2/c1-12(2)17-10-14(18)11-19-16-9-5-7-13-6-3-4-8-15(13)16;1-10-5-6-12(15)13(7-10)18-9-11(17)8-16-14(2,3)4/h3-9,12,14,17-18H,10-11H2,1-2H3;5-7,11,16-17H,8-9H2,1-4H3. The normalized spacial score (nSPS) is 13.1. The molecule has 0 fully saturated rings. The quantitative estimate of drug-likeness (QED) is 0.267. The van der Waals surface area contributed by atoms with Crippen molar-refractivity contribution in [3.8, 4) is 11.5 Å². The number of β-amino-alcohol motifs (C(OH)–C–C–N with tert-alkyl or cyclic N) is 1. The van der Waals surface area contributed by atoms with Crippen molar-refractivity contribution in [2.75, 3.05) is 26.3 Å². The van der Waals surface area contributed by atoms with E-state index in [9.17, 15) is 10.2 Å². The molecule has 37 heavy (non-hydrogen) atoms. The van der Waals surface area contributed by atoms with Gasteiger partial charge < -0.3 is 30.3 Å². The van der Waals surface area contributed by atoms with E-state index in [-0.39, 0.29) is 12.1 Å². The average molecular weight is 531 g/mol. The molecule has 3 rings (SSSR count). The zero-order valence-corrected chi connectivity index (χ0v) is 23.7. The van der Waals surface area contributed by atoms with Crippen LogP contribution in [0, 0.1) is 6.92 Å². The Labute approximate surface area is 227 Å². The van der Waals surface area contributed by atoms with Gasteiger partial charge in [0.1, 0.15) is 36.9 Å². The molecule has 0 saturated heterocycles. The number of aryl methyl sites for hydroxylation is 1. The lowest BCUT2D eigenvalue weighted by Gasteiger charge is -2.23. The van der Waals surface area contributed by atoms with Crippen molar-refractivity contribution in [1.29, 1.82) is 0 Å². The van der Waals surface area contributed by atoms with Gasteiger partial charge in [0.25, 0.3) is 0 Å². The van der Waals surface area contributed by atoms with E-state index in [1.54, 1.807) is 6.07 Å². The van der Waals surface area contributed by atoms with E-state index in [1.807, 2.05) is 49.4 Å². The second-order valence-electron chi connectivity index (χ2n) is 10.5. The van der Waals surface area contributed by atoms with Crippen LogP contribution in [0.1, 0.15) is 40.2 Å². The summed E-state index contributed by atoms with van der Waals surface area (Å²) < 4.78 is 11.2. The van der Waals surface area contributed by atoms with Gasteiger partial charge in [-0.05, 0) is 56.8 Å². The van der Waals surface area contributed by atoms with Gasteiger partial charge in [0.15, 0.2) is 0 Å². The van der Waals surface area contributed by atoms with E-state index in [4.69, 9.17) is 21.1 Å². The monoisotopic (exact) mass is 530 g/mol. The van der Waals surface area contributed by atoms with Crippen molar-refractivity contribution in [3.05, 3.63) is 71.2 Å². The van der Waals surface area contributed by atoms with E-state index in [1.165, 1.54) is 0 Å². The summed E-state index contributed by atoms with van der Waals surface area (Å²) in [7, 11) is 0. The van der Waals surface area contributed by atoms with Crippen LogP contribution >= 0.6 is 11.6 Å². The number of benzene rings is 3. The second kappa shape index (κ2) is 15.2. The third kappa shape index (κ3) is 12.2. The molecule has 4 N–H and O–H groups in total. The first kappa shape index (κ1) is 30.9. The summed E-state index contributed by atoms with van der Waals surface area (Å²) in [5, 5.41) is 28.8. The highest BCUT2D eigenvalue weighted by molar-refractivity contribution is 6.32. The first-order chi connectivity index (χ1) is 17.4. The van der Waals surface area contributed by atoms with Crippen molar-refractivity contribution in [1.82, 2.24) is 10.6 Å². The van der Waals surface area contributed by atoms with Crippen LogP contribution in [0.4, 0.5) is 0 Å². The number of rotatable bonds is 11. The minimum atomic E-state index is -0.555. The molecule has 0 spiro atoms. The lowest BCUT2D eigenvalue weighted by Crippen LogP contribution is -2.42. The summed E-state index contributed by atoms with van der Waals surface area (Å²) >= 11 is 6.01. The van der Waals surface area contributed by atoms with Crippen molar-refractivity contribution < 1.29 is 19.7 Å². The van der Waals surface area contributed by atoms with Gasteiger partial charge in [-0.25, -0.2) is 0 Å². The molecule has 0 heterocycles. The molecule has 0 bridgehead atoms. The Bertz CT molecular complexity index is 1080. The van der Waals surface area contributed by atoms with E-state index in [0.29, 0.717) is 36.5 Å². The predicted molar refractivity (Wildman–Crippen MR) is 154 cm³/mol. The molecule has 0 aromatic heterocycles. The molecule has 0 saturated carbocycles. The van der Waals surface area contributed by atoms with Gasteiger partial charge in [-0.15, -0.1) is 0 Å². The van der Waals surface area contributed by atoms with Crippen LogP contribution in [0.5, 0.6) is 11.5 Å². The van der Waals surface area contributed by atoms with E-state index in [2.05, 4.69) is 57.4 Å². The topological polar surface area (TPSA) is 83.0 Å². The maximum absolute atomic E-state index is 9.84. The molecule has 0 aliphatic heterocycles. The molecule has 2 atom stereocenters. The van der Waals surface area contributed by atoms with E-state index in [0.717, 1.165) is 22.1 Å². The highest BCUT2D eigenvalue weighted by Crippen LogP contribution is 2.26. The third-order valence-corrected chi connectivity index (χ3v) is 5.64. The molecule has 0 aliphatic carbocycles. The Hall–Kier alpha value is -2.35. The van der Waals surface area contributed by atoms with Gasteiger partial charge in [-0.2, -0.15) is 0 Å². The fraction of sp³-hybridized carbons (Fsp3) is 0.467. The van der Waals surface area contributed by atoms with Crippen LogP contribution in [0.2, 0.25) is 5.02 Å². The summed E-state index contributed by atoms with van der Waals surface area (Å²) in [4.78, 5) is 0.